The highest BCUT2D eigenvalue weighted by atomic mass is 79.9. The maximum absolute atomic E-state index is 12.2. The molecular formula is C16H22BrClN2O. The van der Waals surface area contributed by atoms with Crippen molar-refractivity contribution in [1.82, 2.24) is 4.90 Å². The van der Waals surface area contributed by atoms with Gasteiger partial charge in [-0.2, -0.15) is 0 Å². The fourth-order valence-corrected chi connectivity index (χ4v) is 2.65. The second-order valence-corrected chi connectivity index (χ2v) is 6.32. The van der Waals surface area contributed by atoms with Crippen molar-refractivity contribution < 1.29 is 4.79 Å². The Labute approximate surface area is 140 Å². The fraction of sp³-hybridized carbons (Fsp3) is 0.438. The Morgan fingerprint density at radius 3 is 2.76 bits per heavy atom. The summed E-state index contributed by atoms with van der Waals surface area (Å²) in [6.07, 6.45) is 6.28. The number of rotatable bonds is 7. The van der Waals surface area contributed by atoms with E-state index in [1.807, 2.05) is 7.05 Å². The number of nitrogen functional groups attached to an aromatic ring is 1. The van der Waals surface area contributed by atoms with Gasteiger partial charge in [0.25, 0.3) is 5.91 Å². The molecule has 1 aromatic carbocycles. The first-order valence-electron chi connectivity index (χ1n) is 7.13. The average Bonchev–Trinajstić information content (AvgIpc) is 2.46. The number of benzene rings is 1. The van der Waals surface area contributed by atoms with Gasteiger partial charge in [0.05, 0.1) is 4.48 Å². The highest BCUT2D eigenvalue weighted by Gasteiger charge is 2.12. The van der Waals surface area contributed by atoms with Crippen LogP contribution in [-0.4, -0.2) is 24.4 Å². The topological polar surface area (TPSA) is 46.3 Å². The van der Waals surface area contributed by atoms with Gasteiger partial charge in [-0.05, 0) is 52.2 Å². The molecule has 0 heterocycles. The van der Waals surface area contributed by atoms with Crippen LogP contribution in [0.1, 0.15) is 38.2 Å². The minimum Gasteiger partial charge on any atom is -0.399 e. The molecule has 1 rings (SSSR count). The molecule has 0 atom stereocenters. The van der Waals surface area contributed by atoms with Crippen molar-refractivity contribution in [3.8, 4) is 0 Å². The molecule has 5 heteroatoms. The van der Waals surface area contributed by atoms with Gasteiger partial charge in [-0.25, -0.2) is 0 Å². The second kappa shape index (κ2) is 9.11. The second-order valence-electron chi connectivity index (χ2n) is 5.06. The molecule has 0 radical (unpaired) electrons. The third-order valence-corrected chi connectivity index (χ3v) is 4.11. The Hall–Kier alpha value is -1.00. The molecule has 0 saturated carbocycles. The summed E-state index contributed by atoms with van der Waals surface area (Å²) < 4.78 is 0.480. The van der Waals surface area contributed by atoms with Crippen molar-refractivity contribution >= 4 is 45.2 Å². The molecular weight excluding hydrogens is 352 g/mol. The zero-order valence-corrected chi connectivity index (χ0v) is 14.9. The molecule has 0 aromatic heterocycles. The van der Waals surface area contributed by atoms with Crippen LogP contribution in [0.5, 0.6) is 0 Å². The van der Waals surface area contributed by atoms with Gasteiger partial charge < -0.3 is 10.6 Å². The molecule has 0 spiro atoms. The number of nitrogens with zero attached hydrogens (tertiary/aromatic N) is 1. The van der Waals surface area contributed by atoms with E-state index in [-0.39, 0.29) is 5.91 Å². The van der Waals surface area contributed by atoms with Crippen LogP contribution < -0.4 is 5.73 Å². The number of hydrogen-bond acceptors (Lipinski definition) is 2. The van der Waals surface area contributed by atoms with E-state index >= 15 is 0 Å². The van der Waals surface area contributed by atoms with Crippen molar-refractivity contribution in [3.63, 3.8) is 0 Å². The summed E-state index contributed by atoms with van der Waals surface area (Å²) in [4.78, 5) is 14.0. The van der Waals surface area contributed by atoms with Crippen LogP contribution >= 0.6 is 27.5 Å². The number of carbonyl (C=O) groups excluding carboxylic acids is 1. The quantitative estimate of drug-likeness (QED) is 0.428. The third-order valence-electron chi connectivity index (χ3n) is 3.20. The molecule has 2 N–H and O–H groups in total. The van der Waals surface area contributed by atoms with Gasteiger partial charge in [-0.1, -0.05) is 37.8 Å². The minimum atomic E-state index is -0.0509. The highest BCUT2D eigenvalue weighted by molar-refractivity contribution is 9.12. The van der Waals surface area contributed by atoms with Crippen LogP contribution in [0, 0.1) is 0 Å². The SMILES string of the molecule is CCCCCCN(C)C(=O)/C(Br)=C/c1cc(N)ccc1Cl. The molecule has 0 bridgehead atoms. The summed E-state index contributed by atoms with van der Waals surface area (Å²) in [5.41, 5.74) is 7.08. The minimum absolute atomic E-state index is 0.0509. The summed E-state index contributed by atoms with van der Waals surface area (Å²) in [5, 5.41) is 0.569. The predicted octanol–water partition coefficient (Wildman–Crippen LogP) is 4.70. The Bertz CT molecular complexity index is 517. The first kappa shape index (κ1) is 18.1. The summed E-state index contributed by atoms with van der Waals surface area (Å²) in [7, 11) is 1.81. The van der Waals surface area contributed by atoms with Gasteiger partial charge in [0.15, 0.2) is 0 Å². The Morgan fingerprint density at radius 2 is 2.10 bits per heavy atom. The van der Waals surface area contributed by atoms with Gasteiger partial charge in [0.2, 0.25) is 0 Å². The number of unbranched alkanes of at least 4 members (excludes halogenated alkanes) is 3. The van der Waals surface area contributed by atoms with Gasteiger partial charge in [-0.15, -0.1) is 0 Å². The summed E-state index contributed by atoms with van der Waals surface area (Å²) in [6.45, 7) is 2.93. The number of carbonyl (C=O) groups is 1. The predicted molar refractivity (Wildman–Crippen MR) is 94.5 cm³/mol. The monoisotopic (exact) mass is 372 g/mol. The molecule has 0 unspecified atom stereocenters. The highest BCUT2D eigenvalue weighted by Crippen LogP contribution is 2.24. The maximum Gasteiger partial charge on any atom is 0.260 e. The van der Waals surface area contributed by atoms with Crippen molar-refractivity contribution in [1.29, 1.82) is 0 Å². The number of anilines is 1. The van der Waals surface area contributed by atoms with E-state index in [4.69, 9.17) is 17.3 Å². The van der Waals surface area contributed by atoms with E-state index < -0.39 is 0 Å². The van der Waals surface area contributed by atoms with Crippen LogP contribution in [-0.2, 0) is 4.79 Å². The maximum atomic E-state index is 12.2. The first-order valence-corrected chi connectivity index (χ1v) is 8.30. The van der Waals surface area contributed by atoms with Gasteiger partial charge in [-0.3, -0.25) is 4.79 Å². The van der Waals surface area contributed by atoms with Gasteiger partial charge in [0, 0.05) is 24.3 Å². The van der Waals surface area contributed by atoms with Crippen LogP contribution in [0.3, 0.4) is 0 Å². The molecule has 0 aliphatic rings. The zero-order chi connectivity index (χ0) is 15.8. The lowest BCUT2D eigenvalue weighted by atomic mass is 10.2. The lowest BCUT2D eigenvalue weighted by Crippen LogP contribution is -2.27. The van der Waals surface area contributed by atoms with Crippen molar-refractivity contribution in [2.24, 2.45) is 0 Å². The van der Waals surface area contributed by atoms with E-state index in [0.29, 0.717) is 15.2 Å². The largest absolute Gasteiger partial charge is 0.399 e. The molecule has 116 valence electrons. The van der Waals surface area contributed by atoms with Crippen LogP contribution in [0.2, 0.25) is 5.02 Å². The number of nitrogens with two attached hydrogens (primary N) is 1. The van der Waals surface area contributed by atoms with E-state index in [0.717, 1.165) is 24.9 Å². The molecule has 0 aliphatic carbocycles. The van der Waals surface area contributed by atoms with E-state index in [1.165, 1.54) is 12.8 Å². The van der Waals surface area contributed by atoms with Crippen LogP contribution in [0.15, 0.2) is 22.7 Å². The molecule has 1 aromatic rings. The third kappa shape index (κ3) is 6.10. The first-order chi connectivity index (χ1) is 9.95. The molecule has 0 fully saturated rings. The van der Waals surface area contributed by atoms with E-state index in [1.54, 1.807) is 29.2 Å². The van der Waals surface area contributed by atoms with E-state index in [9.17, 15) is 4.79 Å². The fourth-order valence-electron chi connectivity index (χ4n) is 1.93. The smallest absolute Gasteiger partial charge is 0.260 e. The number of halogens is 2. The Kier molecular flexibility index (Phi) is 7.83. The number of likely N-dealkylation sites (N-methyl/N-ethyl adjacent to an activating group) is 1. The summed E-state index contributed by atoms with van der Waals surface area (Å²) >= 11 is 9.43. The van der Waals surface area contributed by atoms with Gasteiger partial charge in [0.1, 0.15) is 0 Å². The molecule has 1 amide bonds. The van der Waals surface area contributed by atoms with Crippen molar-refractivity contribution in [2.75, 3.05) is 19.3 Å². The van der Waals surface area contributed by atoms with Crippen molar-refractivity contribution in [3.05, 3.63) is 33.3 Å². The summed E-state index contributed by atoms with van der Waals surface area (Å²) in [6, 6.07) is 5.20. The van der Waals surface area contributed by atoms with Crippen LogP contribution in [0.4, 0.5) is 5.69 Å². The lowest BCUT2D eigenvalue weighted by molar-refractivity contribution is -0.125. The zero-order valence-electron chi connectivity index (χ0n) is 12.5. The van der Waals surface area contributed by atoms with Crippen molar-refractivity contribution in [2.45, 2.75) is 32.6 Å². The molecule has 21 heavy (non-hydrogen) atoms. The van der Waals surface area contributed by atoms with E-state index in [2.05, 4.69) is 22.9 Å². The van der Waals surface area contributed by atoms with Gasteiger partial charge >= 0.3 is 0 Å². The Balaban J connectivity index is 2.68. The number of amides is 1. The normalized spacial score (nSPS) is 11.5. The molecule has 0 aliphatic heterocycles. The average molecular weight is 374 g/mol. The molecule has 0 saturated heterocycles. The lowest BCUT2D eigenvalue weighted by Gasteiger charge is -2.16. The Morgan fingerprint density at radius 1 is 1.38 bits per heavy atom. The molecule has 3 nitrogen and oxygen atoms in total. The van der Waals surface area contributed by atoms with Crippen LogP contribution in [0.25, 0.3) is 6.08 Å². The number of hydrogen-bond donors (Lipinski definition) is 1. The standard InChI is InChI=1S/C16H22BrClN2O/c1-3-4-5-6-9-20(2)16(21)14(17)11-12-10-13(19)7-8-15(12)18/h7-8,10-11H,3-6,9,19H2,1-2H3/b14-11-. The summed E-state index contributed by atoms with van der Waals surface area (Å²) in [5.74, 6) is -0.0509.